The van der Waals surface area contributed by atoms with Gasteiger partial charge in [-0.2, -0.15) is 0 Å². The van der Waals surface area contributed by atoms with Crippen LogP contribution < -0.4 is 10.1 Å². The first kappa shape index (κ1) is 20.2. The molecule has 1 amide bonds. The number of benzene rings is 2. The number of amides is 1. The molecule has 142 valence electrons. The number of ketones is 1. The highest BCUT2D eigenvalue weighted by atomic mass is 16.6. The van der Waals surface area contributed by atoms with Crippen molar-refractivity contribution in [2.24, 2.45) is 0 Å². The number of aryl methyl sites for hydroxylation is 3. The molecule has 0 saturated carbocycles. The second-order valence-electron chi connectivity index (χ2n) is 6.33. The van der Waals surface area contributed by atoms with Gasteiger partial charge in [-0.25, -0.2) is 4.79 Å². The zero-order valence-corrected chi connectivity index (χ0v) is 15.9. The molecule has 2 aromatic rings. The lowest BCUT2D eigenvalue weighted by atomic mass is 10.1. The quantitative estimate of drug-likeness (QED) is 0.598. The molecule has 1 N–H and O–H groups in total. The molecule has 0 aromatic heterocycles. The number of carbonyl (C=O) groups is 3. The first-order valence-electron chi connectivity index (χ1n) is 8.54. The first-order valence-corrected chi connectivity index (χ1v) is 8.54. The maximum absolute atomic E-state index is 12.0. The highest BCUT2D eigenvalue weighted by Gasteiger charge is 2.13. The SMILES string of the molecule is CC(=O)c1ccccc1NC(=O)COC(=O)COc1c(C)cc(C)cc1C. The van der Waals surface area contributed by atoms with Crippen LogP contribution in [-0.2, 0) is 14.3 Å². The predicted molar refractivity (Wildman–Crippen MR) is 102 cm³/mol. The van der Waals surface area contributed by atoms with Crippen LogP contribution >= 0.6 is 0 Å². The number of para-hydroxylation sites is 1. The maximum Gasteiger partial charge on any atom is 0.344 e. The van der Waals surface area contributed by atoms with E-state index in [4.69, 9.17) is 9.47 Å². The lowest BCUT2D eigenvalue weighted by Crippen LogP contribution is -2.24. The molecule has 0 aliphatic carbocycles. The molecule has 0 aliphatic heterocycles. The molecule has 0 radical (unpaired) electrons. The minimum absolute atomic E-state index is 0.167. The smallest absolute Gasteiger partial charge is 0.344 e. The minimum atomic E-state index is -0.649. The van der Waals surface area contributed by atoms with Crippen LogP contribution in [0.15, 0.2) is 36.4 Å². The molecular weight excluding hydrogens is 346 g/mol. The molecule has 0 bridgehead atoms. The summed E-state index contributed by atoms with van der Waals surface area (Å²) in [7, 11) is 0. The van der Waals surface area contributed by atoms with Gasteiger partial charge in [0, 0.05) is 5.56 Å². The Morgan fingerprint density at radius 1 is 0.963 bits per heavy atom. The fourth-order valence-electron chi connectivity index (χ4n) is 2.80. The van der Waals surface area contributed by atoms with Crippen LogP contribution in [0.25, 0.3) is 0 Å². The predicted octanol–water partition coefficient (Wildman–Crippen LogP) is 3.38. The lowest BCUT2D eigenvalue weighted by molar-refractivity contribution is -0.149. The summed E-state index contributed by atoms with van der Waals surface area (Å²) in [6.07, 6.45) is 0. The van der Waals surface area contributed by atoms with Gasteiger partial charge >= 0.3 is 5.97 Å². The second-order valence-corrected chi connectivity index (χ2v) is 6.33. The summed E-state index contributed by atoms with van der Waals surface area (Å²) in [5.41, 5.74) is 3.75. The summed E-state index contributed by atoms with van der Waals surface area (Å²) in [4.78, 5) is 35.4. The van der Waals surface area contributed by atoms with Crippen LogP contribution in [-0.4, -0.2) is 30.9 Å². The molecule has 2 rings (SSSR count). The number of Topliss-reactive ketones (excluding diaryl/α,β-unsaturated/α-hetero) is 1. The van der Waals surface area contributed by atoms with Crippen LogP contribution in [0.3, 0.4) is 0 Å². The fourth-order valence-corrected chi connectivity index (χ4v) is 2.80. The Morgan fingerprint density at radius 2 is 1.59 bits per heavy atom. The Kier molecular flexibility index (Phi) is 6.71. The summed E-state index contributed by atoms with van der Waals surface area (Å²) < 4.78 is 10.5. The Morgan fingerprint density at radius 3 is 2.22 bits per heavy atom. The summed E-state index contributed by atoms with van der Waals surface area (Å²) in [6, 6.07) is 10.6. The Labute approximate surface area is 158 Å². The summed E-state index contributed by atoms with van der Waals surface area (Å²) >= 11 is 0. The molecule has 0 spiro atoms. The van der Waals surface area contributed by atoms with Crippen molar-refractivity contribution in [1.82, 2.24) is 0 Å². The van der Waals surface area contributed by atoms with Crippen molar-refractivity contribution in [2.45, 2.75) is 27.7 Å². The van der Waals surface area contributed by atoms with Crippen molar-refractivity contribution in [1.29, 1.82) is 0 Å². The zero-order valence-electron chi connectivity index (χ0n) is 15.9. The van der Waals surface area contributed by atoms with Crippen LogP contribution in [0.5, 0.6) is 5.75 Å². The Bertz CT molecular complexity index is 850. The van der Waals surface area contributed by atoms with Gasteiger partial charge in [-0.15, -0.1) is 0 Å². The highest BCUT2D eigenvalue weighted by molar-refractivity contribution is 6.04. The number of esters is 1. The first-order chi connectivity index (χ1) is 12.8. The molecule has 6 nitrogen and oxygen atoms in total. The van der Waals surface area contributed by atoms with Crippen LogP contribution in [0.4, 0.5) is 5.69 Å². The van der Waals surface area contributed by atoms with E-state index in [-0.39, 0.29) is 12.4 Å². The lowest BCUT2D eigenvalue weighted by Gasteiger charge is -2.13. The van der Waals surface area contributed by atoms with E-state index in [1.54, 1.807) is 24.3 Å². The fraction of sp³-hybridized carbons (Fsp3) is 0.286. The Hall–Kier alpha value is -3.15. The van der Waals surface area contributed by atoms with E-state index in [0.29, 0.717) is 17.0 Å². The van der Waals surface area contributed by atoms with Gasteiger partial charge in [0.2, 0.25) is 0 Å². The monoisotopic (exact) mass is 369 g/mol. The largest absolute Gasteiger partial charge is 0.481 e. The number of nitrogens with one attached hydrogen (secondary N) is 1. The molecule has 27 heavy (non-hydrogen) atoms. The van der Waals surface area contributed by atoms with Gasteiger partial charge in [0.1, 0.15) is 5.75 Å². The normalized spacial score (nSPS) is 10.2. The van der Waals surface area contributed by atoms with Gasteiger partial charge in [-0.1, -0.05) is 29.8 Å². The van der Waals surface area contributed by atoms with Crippen molar-refractivity contribution in [3.8, 4) is 5.75 Å². The number of anilines is 1. The van der Waals surface area contributed by atoms with Crippen LogP contribution in [0.1, 0.15) is 34.0 Å². The standard InChI is InChI=1S/C21H23NO5/c1-13-9-14(2)21(15(3)10-13)27-12-20(25)26-11-19(24)22-18-8-6-5-7-17(18)16(4)23/h5-10H,11-12H2,1-4H3,(H,22,24). The van der Waals surface area contributed by atoms with Crippen molar-refractivity contribution in [2.75, 3.05) is 18.5 Å². The molecule has 0 unspecified atom stereocenters. The number of rotatable bonds is 7. The second kappa shape index (κ2) is 8.98. The summed E-state index contributed by atoms with van der Waals surface area (Å²) in [5.74, 6) is -0.707. The third-order valence-electron chi connectivity index (χ3n) is 3.88. The van der Waals surface area contributed by atoms with E-state index < -0.39 is 18.5 Å². The van der Waals surface area contributed by atoms with Crippen molar-refractivity contribution >= 4 is 23.3 Å². The van der Waals surface area contributed by atoms with Gasteiger partial charge in [0.25, 0.3) is 5.91 Å². The number of carbonyl (C=O) groups excluding carboxylic acids is 3. The molecule has 0 fully saturated rings. The van der Waals surface area contributed by atoms with Crippen molar-refractivity contribution in [3.63, 3.8) is 0 Å². The maximum atomic E-state index is 12.0. The third kappa shape index (κ3) is 5.67. The van der Waals surface area contributed by atoms with Gasteiger partial charge in [-0.3, -0.25) is 9.59 Å². The number of hydrogen-bond acceptors (Lipinski definition) is 5. The molecule has 0 aliphatic rings. The molecule has 0 saturated heterocycles. The van der Waals surface area contributed by atoms with Gasteiger partial charge in [0.15, 0.2) is 19.0 Å². The number of ether oxygens (including phenoxy) is 2. The average Bonchev–Trinajstić information content (AvgIpc) is 2.59. The van der Waals surface area contributed by atoms with E-state index in [0.717, 1.165) is 16.7 Å². The van der Waals surface area contributed by atoms with E-state index >= 15 is 0 Å². The van der Waals surface area contributed by atoms with Gasteiger partial charge in [0.05, 0.1) is 5.69 Å². The third-order valence-corrected chi connectivity index (χ3v) is 3.88. The Balaban J connectivity index is 1.86. The molecular formula is C21H23NO5. The minimum Gasteiger partial charge on any atom is -0.481 e. The van der Waals surface area contributed by atoms with Crippen molar-refractivity contribution in [3.05, 3.63) is 58.7 Å². The van der Waals surface area contributed by atoms with Gasteiger partial charge in [-0.05, 0) is 51.0 Å². The van der Waals surface area contributed by atoms with Gasteiger partial charge < -0.3 is 14.8 Å². The van der Waals surface area contributed by atoms with E-state index in [1.807, 2.05) is 32.9 Å². The zero-order chi connectivity index (χ0) is 20.0. The van der Waals surface area contributed by atoms with E-state index in [2.05, 4.69) is 5.32 Å². The molecule has 0 heterocycles. The molecule has 2 aromatic carbocycles. The number of hydrogen-bond donors (Lipinski definition) is 1. The molecule has 6 heteroatoms. The topological polar surface area (TPSA) is 81.7 Å². The molecule has 0 atom stereocenters. The average molecular weight is 369 g/mol. The highest BCUT2D eigenvalue weighted by Crippen LogP contribution is 2.24. The summed E-state index contributed by atoms with van der Waals surface area (Å²) in [5, 5.41) is 2.57. The van der Waals surface area contributed by atoms with Crippen molar-refractivity contribution < 1.29 is 23.9 Å². The van der Waals surface area contributed by atoms with E-state index in [9.17, 15) is 14.4 Å². The van der Waals surface area contributed by atoms with E-state index in [1.165, 1.54) is 6.92 Å². The van der Waals surface area contributed by atoms with Crippen LogP contribution in [0, 0.1) is 20.8 Å². The summed E-state index contributed by atoms with van der Waals surface area (Å²) in [6.45, 7) is 6.46. The van der Waals surface area contributed by atoms with Crippen LogP contribution in [0.2, 0.25) is 0 Å².